The van der Waals surface area contributed by atoms with E-state index < -0.39 is 0 Å². The summed E-state index contributed by atoms with van der Waals surface area (Å²) < 4.78 is 11.9. The van der Waals surface area contributed by atoms with Gasteiger partial charge < -0.3 is 9.30 Å². The Morgan fingerprint density at radius 1 is 0.436 bits per heavy atom. The fraction of sp³-hybridized carbons (Fsp3) is 0. The molecule has 0 aliphatic carbocycles. The fourth-order valence-corrected chi connectivity index (χ4v) is 9.69. The SMILES string of the molecule is c1ccc(-c2nc(-c3ccccc3)nc(-c3ccc4c5c(cccc35)-c3c(cccc3-n3c5ccccc5c5ccc6c7ccccc7sc6c53)O4)n2)cc1. The summed E-state index contributed by atoms with van der Waals surface area (Å²) in [7, 11) is 0. The third-order valence-corrected chi connectivity index (χ3v) is 12.0. The second-order valence-electron chi connectivity index (χ2n) is 13.9. The highest BCUT2D eigenvalue weighted by Gasteiger charge is 2.27. The van der Waals surface area contributed by atoms with E-state index in [0.717, 1.165) is 61.3 Å². The third kappa shape index (κ3) is 4.49. The maximum absolute atomic E-state index is 6.86. The highest BCUT2D eigenvalue weighted by atomic mass is 32.1. The van der Waals surface area contributed by atoms with Gasteiger partial charge in [0.25, 0.3) is 0 Å². The molecule has 55 heavy (non-hydrogen) atoms. The average Bonchev–Trinajstić information content (AvgIpc) is 3.80. The van der Waals surface area contributed by atoms with Crippen LogP contribution in [0.4, 0.5) is 0 Å². The number of aromatic nitrogens is 4. The van der Waals surface area contributed by atoms with Crippen molar-refractivity contribution in [3.63, 3.8) is 0 Å². The molecule has 0 spiro atoms. The van der Waals surface area contributed by atoms with Gasteiger partial charge in [0.15, 0.2) is 17.5 Å². The standard InChI is InChI=1S/C49H28N4OS/c1-3-13-29(14-4-1)47-50-48(30-15-5-2-6-16-30)52-49(51-47)36-27-28-41-43-33(36)19-11-20-37(43)44-39(22-12-23-40(44)54-41)53-38-21-9-7-17-31(38)34-25-26-35-32-18-8-10-24-42(32)55-46(35)45(34)53/h1-28H. The number of rotatable bonds is 4. The molecule has 0 fully saturated rings. The van der Waals surface area contributed by atoms with Gasteiger partial charge in [-0.3, -0.25) is 0 Å². The number of hydrogen-bond acceptors (Lipinski definition) is 5. The third-order valence-electron chi connectivity index (χ3n) is 10.9. The smallest absolute Gasteiger partial charge is 0.164 e. The van der Waals surface area contributed by atoms with Gasteiger partial charge in [-0.05, 0) is 47.3 Å². The molecule has 5 nitrogen and oxygen atoms in total. The van der Waals surface area contributed by atoms with Crippen molar-refractivity contribution in [3.05, 3.63) is 170 Å². The minimum atomic E-state index is 0.616. The molecular weight excluding hydrogens is 693 g/mol. The van der Waals surface area contributed by atoms with Crippen molar-refractivity contribution in [3.8, 4) is 62.5 Å². The van der Waals surface area contributed by atoms with Crippen molar-refractivity contribution in [1.29, 1.82) is 0 Å². The second kappa shape index (κ2) is 11.7. The highest BCUT2D eigenvalue weighted by Crippen LogP contribution is 2.52. The summed E-state index contributed by atoms with van der Waals surface area (Å²) in [5.41, 5.74) is 8.42. The van der Waals surface area contributed by atoms with Gasteiger partial charge in [-0.25, -0.2) is 15.0 Å². The number of benzene rings is 8. The van der Waals surface area contributed by atoms with Crippen LogP contribution in [0.2, 0.25) is 0 Å². The molecule has 0 N–H and O–H groups in total. The molecule has 0 atom stereocenters. The zero-order chi connectivity index (χ0) is 36.0. The summed E-state index contributed by atoms with van der Waals surface area (Å²) >= 11 is 1.86. The van der Waals surface area contributed by atoms with E-state index in [1.165, 1.54) is 36.5 Å². The first-order valence-electron chi connectivity index (χ1n) is 18.4. The Morgan fingerprint density at radius 2 is 1.09 bits per heavy atom. The minimum Gasteiger partial charge on any atom is -0.456 e. The maximum atomic E-state index is 6.86. The number of ether oxygens (including phenoxy) is 1. The van der Waals surface area contributed by atoms with Gasteiger partial charge in [0.1, 0.15) is 11.5 Å². The summed E-state index contributed by atoms with van der Waals surface area (Å²) in [6, 6.07) is 59.4. The molecular formula is C49H28N4OS. The van der Waals surface area contributed by atoms with E-state index in [4.69, 9.17) is 19.7 Å². The van der Waals surface area contributed by atoms with Gasteiger partial charge in [0.2, 0.25) is 0 Å². The largest absolute Gasteiger partial charge is 0.456 e. The van der Waals surface area contributed by atoms with Gasteiger partial charge in [0, 0.05) is 53.9 Å². The van der Waals surface area contributed by atoms with Crippen molar-refractivity contribution >= 4 is 64.1 Å². The Labute approximate surface area is 319 Å². The molecule has 0 radical (unpaired) electrons. The van der Waals surface area contributed by atoms with Gasteiger partial charge in [-0.1, -0.05) is 133 Å². The van der Waals surface area contributed by atoms with E-state index in [2.05, 4.69) is 114 Å². The lowest BCUT2D eigenvalue weighted by Gasteiger charge is -2.25. The Kier molecular flexibility index (Phi) is 6.44. The minimum absolute atomic E-state index is 0.616. The lowest BCUT2D eigenvalue weighted by atomic mass is 9.91. The van der Waals surface area contributed by atoms with Gasteiger partial charge in [0.05, 0.1) is 21.4 Å². The topological polar surface area (TPSA) is 52.8 Å². The van der Waals surface area contributed by atoms with Crippen molar-refractivity contribution in [2.45, 2.75) is 0 Å². The van der Waals surface area contributed by atoms with Crippen LogP contribution < -0.4 is 4.74 Å². The summed E-state index contributed by atoms with van der Waals surface area (Å²) in [6.07, 6.45) is 0. The highest BCUT2D eigenvalue weighted by molar-refractivity contribution is 7.26. The van der Waals surface area contributed by atoms with E-state index >= 15 is 0 Å². The molecule has 1 aliphatic heterocycles. The summed E-state index contributed by atoms with van der Waals surface area (Å²) in [5.74, 6) is 3.52. The summed E-state index contributed by atoms with van der Waals surface area (Å²) in [4.78, 5) is 15.2. The van der Waals surface area contributed by atoms with Gasteiger partial charge >= 0.3 is 0 Å². The van der Waals surface area contributed by atoms with Crippen LogP contribution in [0, 0.1) is 0 Å². The van der Waals surface area contributed by atoms with Crippen LogP contribution in [0.25, 0.3) is 104 Å². The number of nitrogens with zero attached hydrogens (tertiary/aromatic N) is 4. The van der Waals surface area contributed by atoms with Crippen LogP contribution in [0.1, 0.15) is 0 Å². The summed E-state index contributed by atoms with van der Waals surface area (Å²) in [5, 5.41) is 7.09. The van der Waals surface area contributed by atoms with Crippen molar-refractivity contribution < 1.29 is 4.74 Å². The van der Waals surface area contributed by atoms with Crippen molar-refractivity contribution in [1.82, 2.24) is 19.5 Å². The van der Waals surface area contributed by atoms with Crippen LogP contribution in [0.5, 0.6) is 11.5 Å². The zero-order valence-electron chi connectivity index (χ0n) is 29.3. The lowest BCUT2D eigenvalue weighted by Crippen LogP contribution is -2.04. The van der Waals surface area contributed by atoms with E-state index in [9.17, 15) is 0 Å². The van der Waals surface area contributed by atoms with Crippen LogP contribution in [0.3, 0.4) is 0 Å². The summed E-state index contributed by atoms with van der Waals surface area (Å²) in [6.45, 7) is 0. The Bertz CT molecular complexity index is 3290. The molecule has 0 saturated heterocycles. The molecule has 12 rings (SSSR count). The average molecular weight is 721 g/mol. The predicted molar refractivity (Wildman–Crippen MR) is 226 cm³/mol. The first kappa shape index (κ1) is 30.3. The first-order valence-corrected chi connectivity index (χ1v) is 19.2. The maximum Gasteiger partial charge on any atom is 0.164 e. The fourth-order valence-electron chi connectivity index (χ4n) is 8.45. The number of thiophene rings is 1. The molecule has 1 aliphatic rings. The molecule has 8 aromatic carbocycles. The molecule has 0 saturated carbocycles. The number of para-hydroxylation sites is 1. The van der Waals surface area contributed by atoms with Crippen LogP contribution in [0.15, 0.2) is 170 Å². The van der Waals surface area contributed by atoms with Crippen LogP contribution in [-0.2, 0) is 0 Å². The second-order valence-corrected chi connectivity index (χ2v) is 15.0. The predicted octanol–water partition coefficient (Wildman–Crippen LogP) is 13.3. The molecule has 4 heterocycles. The van der Waals surface area contributed by atoms with E-state index in [1.54, 1.807) is 0 Å². The number of hydrogen-bond donors (Lipinski definition) is 0. The normalized spacial score (nSPS) is 12.1. The van der Waals surface area contributed by atoms with E-state index in [0.29, 0.717) is 17.5 Å². The van der Waals surface area contributed by atoms with Crippen LogP contribution in [-0.4, -0.2) is 19.5 Å². The molecule has 0 amide bonds. The van der Waals surface area contributed by atoms with E-state index in [-0.39, 0.29) is 0 Å². The Balaban J connectivity index is 1.13. The first-order chi connectivity index (χ1) is 27.3. The molecule has 0 bridgehead atoms. The van der Waals surface area contributed by atoms with Gasteiger partial charge in [-0.2, -0.15) is 0 Å². The van der Waals surface area contributed by atoms with Crippen molar-refractivity contribution in [2.24, 2.45) is 0 Å². The van der Waals surface area contributed by atoms with Crippen LogP contribution >= 0.6 is 11.3 Å². The molecule has 3 aromatic heterocycles. The quantitative estimate of drug-likeness (QED) is 0.182. The Hall–Kier alpha value is -7.15. The molecule has 11 aromatic rings. The van der Waals surface area contributed by atoms with E-state index in [1.807, 2.05) is 72.0 Å². The van der Waals surface area contributed by atoms with Gasteiger partial charge in [-0.15, -0.1) is 11.3 Å². The zero-order valence-corrected chi connectivity index (χ0v) is 30.1. The molecule has 256 valence electrons. The number of fused-ring (bicyclic) bond motifs is 9. The Morgan fingerprint density at radius 3 is 1.89 bits per heavy atom. The van der Waals surface area contributed by atoms with Crippen molar-refractivity contribution in [2.75, 3.05) is 0 Å². The molecule has 0 unspecified atom stereocenters. The molecule has 6 heteroatoms. The lowest BCUT2D eigenvalue weighted by molar-refractivity contribution is 0.487. The monoisotopic (exact) mass is 720 g/mol.